The van der Waals surface area contributed by atoms with Gasteiger partial charge in [0.15, 0.2) is 10.8 Å². The van der Waals surface area contributed by atoms with Gasteiger partial charge in [0.25, 0.3) is 0 Å². The first-order chi connectivity index (χ1) is 8.20. The molecule has 2 heterocycles. The maximum Gasteiger partial charge on any atom is 0.357 e. The van der Waals surface area contributed by atoms with Gasteiger partial charge in [-0.3, -0.25) is 0 Å². The third kappa shape index (κ3) is 2.83. The Bertz CT molecular complexity index is 493. The highest BCUT2D eigenvalue weighted by molar-refractivity contribution is 7.13. The molecule has 2 aromatic heterocycles. The Balaban J connectivity index is 2.07. The van der Waals surface area contributed by atoms with Crippen molar-refractivity contribution in [1.82, 2.24) is 4.98 Å². The second-order valence-corrected chi connectivity index (χ2v) is 5.11. The van der Waals surface area contributed by atoms with Gasteiger partial charge in [0, 0.05) is 19.0 Å². The van der Waals surface area contributed by atoms with Crippen LogP contribution in [0, 0.1) is 0 Å². The third-order valence-corrected chi connectivity index (χ3v) is 3.90. The summed E-state index contributed by atoms with van der Waals surface area (Å²) in [6.45, 7) is 0.789. The van der Waals surface area contributed by atoms with E-state index in [4.69, 9.17) is 0 Å². The zero-order valence-corrected chi connectivity index (χ0v) is 11.2. The number of ether oxygens (including phenoxy) is 1. The third-order valence-electron chi connectivity index (χ3n) is 2.21. The van der Waals surface area contributed by atoms with Crippen LogP contribution < -0.4 is 4.90 Å². The van der Waals surface area contributed by atoms with Gasteiger partial charge in [-0.2, -0.15) is 11.3 Å². The van der Waals surface area contributed by atoms with Crippen LogP contribution in [0.4, 0.5) is 5.13 Å². The molecule has 0 aromatic carbocycles. The smallest absolute Gasteiger partial charge is 0.357 e. The van der Waals surface area contributed by atoms with Crippen molar-refractivity contribution in [3.63, 3.8) is 0 Å². The second-order valence-electron chi connectivity index (χ2n) is 3.49. The van der Waals surface area contributed by atoms with Gasteiger partial charge in [-0.25, -0.2) is 9.78 Å². The van der Waals surface area contributed by atoms with E-state index in [-0.39, 0.29) is 0 Å². The number of thiophene rings is 1. The molecule has 0 saturated heterocycles. The summed E-state index contributed by atoms with van der Waals surface area (Å²) in [4.78, 5) is 17.5. The lowest BCUT2D eigenvalue weighted by Crippen LogP contribution is -2.16. The number of aromatic nitrogens is 1. The van der Waals surface area contributed by atoms with Crippen LogP contribution in [0.15, 0.2) is 22.2 Å². The molecule has 0 aliphatic carbocycles. The number of methoxy groups -OCH3 is 1. The lowest BCUT2D eigenvalue weighted by molar-refractivity contribution is 0.0595. The van der Waals surface area contributed by atoms with Gasteiger partial charge in [-0.1, -0.05) is 0 Å². The van der Waals surface area contributed by atoms with Crippen LogP contribution in [0.2, 0.25) is 0 Å². The van der Waals surface area contributed by atoms with Crippen molar-refractivity contribution in [1.29, 1.82) is 0 Å². The predicted molar refractivity (Wildman–Crippen MR) is 69.9 cm³/mol. The summed E-state index contributed by atoms with van der Waals surface area (Å²) in [7, 11) is 3.31. The summed E-state index contributed by atoms with van der Waals surface area (Å²) < 4.78 is 4.62. The lowest BCUT2D eigenvalue weighted by Gasteiger charge is -2.14. The molecule has 0 atom stereocenters. The van der Waals surface area contributed by atoms with Crippen molar-refractivity contribution in [3.8, 4) is 0 Å². The fourth-order valence-corrected chi connectivity index (χ4v) is 2.78. The summed E-state index contributed by atoms with van der Waals surface area (Å²) in [6, 6.07) is 2.08. The van der Waals surface area contributed by atoms with Crippen LogP contribution >= 0.6 is 22.7 Å². The van der Waals surface area contributed by atoms with E-state index < -0.39 is 5.97 Å². The van der Waals surface area contributed by atoms with Crippen molar-refractivity contribution in [2.75, 3.05) is 19.1 Å². The summed E-state index contributed by atoms with van der Waals surface area (Å²) in [6.07, 6.45) is 0. The zero-order valence-electron chi connectivity index (χ0n) is 9.54. The summed E-state index contributed by atoms with van der Waals surface area (Å²) in [5.41, 5.74) is 1.61. The SMILES string of the molecule is COC(=O)c1csc(N(C)Cc2ccsc2)n1. The molecule has 0 amide bonds. The van der Waals surface area contributed by atoms with Gasteiger partial charge in [0.05, 0.1) is 7.11 Å². The zero-order chi connectivity index (χ0) is 12.3. The number of hydrogen-bond donors (Lipinski definition) is 0. The van der Waals surface area contributed by atoms with Gasteiger partial charge in [-0.05, 0) is 22.4 Å². The Hall–Kier alpha value is -1.40. The number of nitrogens with zero attached hydrogens (tertiary/aromatic N) is 2. The average molecular weight is 268 g/mol. The molecule has 0 bridgehead atoms. The highest BCUT2D eigenvalue weighted by atomic mass is 32.1. The van der Waals surface area contributed by atoms with Crippen molar-refractivity contribution >= 4 is 33.8 Å². The monoisotopic (exact) mass is 268 g/mol. The van der Waals surface area contributed by atoms with Gasteiger partial charge in [-0.15, -0.1) is 11.3 Å². The van der Waals surface area contributed by atoms with E-state index in [1.807, 2.05) is 17.3 Å². The lowest BCUT2D eigenvalue weighted by atomic mass is 10.3. The molecular formula is C11H12N2O2S2. The fraction of sp³-hybridized carbons (Fsp3) is 0.273. The van der Waals surface area contributed by atoms with Gasteiger partial charge >= 0.3 is 5.97 Å². The first-order valence-electron chi connectivity index (χ1n) is 4.96. The molecule has 0 fully saturated rings. The number of rotatable bonds is 4. The highest BCUT2D eigenvalue weighted by Gasteiger charge is 2.13. The molecule has 0 radical (unpaired) electrons. The average Bonchev–Trinajstić information content (AvgIpc) is 2.98. The molecule has 6 heteroatoms. The molecule has 2 rings (SSSR count). The van der Waals surface area contributed by atoms with Gasteiger partial charge in [0.1, 0.15) is 0 Å². The molecule has 0 N–H and O–H groups in total. The minimum absolute atomic E-state index is 0.365. The number of thiazole rings is 1. The Labute approximate surface area is 107 Å². The minimum Gasteiger partial charge on any atom is -0.464 e. The molecular weight excluding hydrogens is 256 g/mol. The van der Waals surface area contributed by atoms with Gasteiger partial charge < -0.3 is 9.64 Å². The maximum absolute atomic E-state index is 11.3. The van der Waals surface area contributed by atoms with Gasteiger partial charge in [0.2, 0.25) is 0 Å². The first-order valence-corrected chi connectivity index (χ1v) is 6.79. The van der Waals surface area contributed by atoms with Crippen LogP contribution in [0.1, 0.15) is 16.1 Å². The number of anilines is 1. The second kappa shape index (κ2) is 5.29. The van der Waals surface area contributed by atoms with Crippen LogP contribution in [-0.4, -0.2) is 25.1 Å². The number of hydrogen-bond acceptors (Lipinski definition) is 6. The molecule has 0 saturated carbocycles. The van der Waals surface area contributed by atoms with Crippen LogP contribution in [0.25, 0.3) is 0 Å². The van der Waals surface area contributed by atoms with E-state index in [1.54, 1.807) is 16.7 Å². The molecule has 90 valence electrons. The number of carbonyl (C=O) groups is 1. The summed E-state index contributed by atoms with van der Waals surface area (Å²) in [5.74, 6) is -0.392. The minimum atomic E-state index is -0.392. The molecule has 4 nitrogen and oxygen atoms in total. The van der Waals surface area contributed by atoms with E-state index in [0.29, 0.717) is 5.69 Å². The van der Waals surface area contributed by atoms with Crippen molar-refractivity contribution in [2.24, 2.45) is 0 Å². The standard InChI is InChI=1S/C11H12N2O2S2/c1-13(5-8-3-4-16-6-8)11-12-9(7-17-11)10(14)15-2/h3-4,6-7H,5H2,1-2H3. The van der Waals surface area contributed by atoms with E-state index in [0.717, 1.165) is 11.7 Å². The fourth-order valence-electron chi connectivity index (χ4n) is 1.36. The van der Waals surface area contributed by atoms with Crippen LogP contribution in [0.3, 0.4) is 0 Å². The Kier molecular flexibility index (Phi) is 3.75. The van der Waals surface area contributed by atoms with E-state index >= 15 is 0 Å². The van der Waals surface area contributed by atoms with Crippen molar-refractivity contribution in [3.05, 3.63) is 33.5 Å². The summed E-state index contributed by atoms with van der Waals surface area (Å²) >= 11 is 3.11. The molecule has 17 heavy (non-hydrogen) atoms. The molecule has 2 aromatic rings. The predicted octanol–water partition coefficient (Wildman–Crippen LogP) is 2.63. The Morgan fingerprint density at radius 3 is 3.00 bits per heavy atom. The molecule has 0 aliphatic rings. The van der Waals surface area contributed by atoms with E-state index in [1.165, 1.54) is 24.0 Å². The largest absolute Gasteiger partial charge is 0.464 e. The van der Waals surface area contributed by atoms with Crippen molar-refractivity contribution in [2.45, 2.75) is 6.54 Å². The highest BCUT2D eigenvalue weighted by Crippen LogP contribution is 2.22. The topological polar surface area (TPSA) is 42.4 Å². The van der Waals surface area contributed by atoms with E-state index in [9.17, 15) is 4.79 Å². The normalized spacial score (nSPS) is 10.2. The van der Waals surface area contributed by atoms with Crippen LogP contribution in [-0.2, 0) is 11.3 Å². The summed E-state index contributed by atoms with van der Waals surface area (Å²) in [5, 5.41) is 6.68. The first kappa shape index (κ1) is 12.1. The molecule has 0 aliphatic heterocycles. The maximum atomic E-state index is 11.3. The van der Waals surface area contributed by atoms with Crippen molar-refractivity contribution < 1.29 is 9.53 Å². The number of carbonyl (C=O) groups excluding carboxylic acids is 1. The number of esters is 1. The Morgan fingerprint density at radius 1 is 1.53 bits per heavy atom. The van der Waals surface area contributed by atoms with E-state index in [2.05, 4.69) is 21.2 Å². The molecule has 0 unspecified atom stereocenters. The Morgan fingerprint density at radius 2 is 2.35 bits per heavy atom. The molecule has 0 spiro atoms. The van der Waals surface area contributed by atoms with Crippen LogP contribution in [0.5, 0.6) is 0 Å². The quantitative estimate of drug-likeness (QED) is 0.799.